The van der Waals surface area contributed by atoms with Gasteiger partial charge in [0.1, 0.15) is 0 Å². The van der Waals surface area contributed by atoms with Gasteiger partial charge in [0.25, 0.3) is 0 Å². The second-order valence-corrected chi connectivity index (χ2v) is 6.35. The van der Waals surface area contributed by atoms with Crippen LogP contribution in [0, 0.1) is 0 Å². The van der Waals surface area contributed by atoms with Gasteiger partial charge in [-0.1, -0.05) is 24.3 Å². The van der Waals surface area contributed by atoms with E-state index in [1.807, 2.05) is 24.3 Å². The number of hydrogen-bond acceptors (Lipinski definition) is 4. The second kappa shape index (κ2) is 9.89. The van der Waals surface area contributed by atoms with E-state index in [2.05, 4.69) is 38.4 Å². The Kier molecular flexibility index (Phi) is 6.98. The quantitative estimate of drug-likeness (QED) is 0.452. The van der Waals surface area contributed by atoms with Gasteiger partial charge in [0, 0.05) is 31.4 Å². The van der Waals surface area contributed by atoms with Crippen LogP contribution in [0.3, 0.4) is 0 Å². The van der Waals surface area contributed by atoms with Crippen LogP contribution in [0.1, 0.15) is 12.0 Å². The molecule has 1 aromatic heterocycles. The summed E-state index contributed by atoms with van der Waals surface area (Å²) < 4.78 is 5.35. The molecule has 138 valence electrons. The van der Waals surface area contributed by atoms with Crippen molar-refractivity contribution in [2.45, 2.75) is 13.0 Å². The van der Waals surface area contributed by atoms with Gasteiger partial charge in [-0.3, -0.25) is 9.88 Å². The number of nitrogens with zero attached hydrogens (tertiary/aromatic N) is 3. The smallest absolute Gasteiger partial charge is 0.188 e. The Morgan fingerprint density at radius 1 is 1.19 bits per heavy atom. The molecule has 1 fully saturated rings. The van der Waals surface area contributed by atoms with E-state index in [4.69, 9.17) is 10.5 Å². The van der Waals surface area contributed by atoms with Crippen LogP contribution >= 0.6 is 0 Å². The fourth-order valence-electron chi connectivity index (χ4n) is 2.94. The lowest BCUT2D eigenvalue weighted by Crippen LogP contribution is -2.39. The van der Waals surface area contributed by atoms with Gasteiger partial charge in [0.15, 0.2) is 5.96 Å². The van der Waals surface area contributed by atoms with Crippen molar-refractivity contribution < 1.29 is 4.74 Å². The number of hydrogen-bond donors (Lipinski definition) is 2. The van der Waals surface area contributed by atoms with Gasteiger partial charge < -0.3 is 15.8 Å². The average molecular weight is 353 g/mol. The lowest BCUT2D eigenvalue weighted by molar-refractivity contribution is 0.0376. The predicted octanol–water partition coefficient (Wildman–Crippen LogP) is 1.88. The van der Waals surface area contributed by atoms with E-state index in [1.54, 1.807) is 6.20 Å². The molecule has 0 bridgehead atoms. The lowest BCUT2D eigenvalue weighted by Gasteiger charge is -2.26. The van der Waals surface area contributed by atoms with Gasteiger partial charge >= 0.3 is 0 Å². The largest absolute Gasteiger partial charge is 0.379 e. The maximum absolute atomic E-state index is 5.98. The monoisotopic (exact) mass is 353 g/mol. The normalized spacial score (nSPS) is 15.8. The molecule has 0 amide bonds. The van der Waals surface area contributed by atoms with Crippen molar-refractivity contribution in [3.8, 4) is 11.3 Å². The first-order valence-corrected chi connectivity index (χ1v) is 9.15. The van der Waals surface area contributed by atoms with Crippen molar-refractivity contribution in [2.24, 2.45) is 10.7 Å². The number of ether oxygens (including phenoxy) is 1. The maximum Gasteiger partial charge on any atom is 0.188 e. The molecule has 1 aliphatic rings. The molecule has 26 heavy (non-hydrogen) atoms. The molecule has 6 heteroatoms. The first-order valence-electron chi connectivity index (χ1n) is 9.15. The Labute approximate surface area is 155 Å². The SMILES string of the molecule is NC(=NCc1cccc(-c2ccccn2)c1)NCCCN1CCOCC1. The number of morpholine rings is 1. The summed E-state index contributed by atoms with van der Waals surface area (Å²) >= 11 is 0. The van der Waals surface area contributed by atoms with Crippen LogP contribution in [0.5, 0.6) is 0 Å². The molecule has 0 unspecified atom stereocenters. The average Bonchev–Trinajstić information content (AvgIpc) is 2.71. The van der Waals surface area contributed by atoms with Crippen LogP contribution in [0.15, 0.2) is 53.7 Å². The van der Waals surface area contributed by atoms with E-state index >= 15 is 0 Å². The third kappa shape index (κ3) is 5.82. The van der Waals surface area contributed by atoms with Crippen molar-refractivity contribution in [1.82, 2.24) is 15.2 Å². The molecular weight excluding hydrogens is 326 g/mol. The fourth-order valence-corrected chi connectivity index (χ4v) is 2.94. The van der Waals surface area contributed by atoms with Crippen LogP contribution in [0.25, 0.3) is 11.3 Å². The van der Waals surface area contributed by atoms with Crippen molar-refractivity contribution in [2.75, 3.05) is 39.4 Å². The molecule has 3 N–H and O–H groups in total. The molecule has 0 radical (unpaired) electrons. The number of benzene rings is 1. The van der Waals surface area contributed by atoms with Crippen molar-refractivity contribution >= 4 is 5.96 Å². The summed E-state index contributed by atoms with van der Waals surface area (Å²) in [7, 11) is 0. The van der Waals surface area contributed by atoms with E-state index in [-0.39, 0.29) is 0 Å². The minimum absolute atomic E-state index is 0.496. The Balaban J connectivity index is 1.43. The standard InChI is InChI=1S/C20H27N5O/c21-20(23-9-4-10-25-11-13-26-14-12-25)24-16-17-5-3-6-18(15-17)19-7-1-2-8-22-19/h1-3,5-8,15H,4,9-14,16H2,(H3,21,23,24). The number of pyridine rings is 1. The number of aromatic nitrogens is 1. The summed E-state index contributed by atoms with van der Waals surface area (Å²) in [4.78, 5) is 11.3. The van der Waals surface area contributed by atoms with Crippen LogP contribution in [-0.4, -0.2) is 55.2 Å². The first-order chi connectivity index (χ1) is 12.8. The van der Waals surface area contributed by atoms with Crippen LogP contribution in [-0.2, 0) is 11.3 Å². The number of nitrogens with one attached hydrogen (secondary N) is 1. The second-order valence-electron chi connectivity index (χ2n) is 6.35. The minimum atomic E-state index is 0.496. The van der Waals surface area contributed by atoms with Crippen molar-refractivity contribution in [3.05, 3.63) is 54.2 Å². The highest BCUT2D eigenvalue weighted by Crippen LogP contribution is 2.18. The maximum atomic E-state index is 5.98. The molecule has 2 aromatic rings. The molecule has 1 aromatic carbocycles. The van der Waals surface area contributed by atoms with Gasteiger partial charge in [-0.15, -0.1) is 0 Å². The summed E-state index contributed by atoms with van der Waals surface area (Å²) in [6, 6.07) is 14.2. The summed E-state index contributed by atoms with van der Waals surface area (Å²) in [6.07, 6.45) is 2.85. The van der Waals surface area contributed by atoms with Crippen LogP contribution in [0.2, 0.25) is 0 Å². The van der Waals surface area contributed by atoms with Gasteiger partial charge in [0.2, 0.25) is 0 Å². The van der Waals surface area contributed by atoms with Crippen molar-refractivity contribution in [3.63, 3.8) is 0 Å². The topological polar surface area (TPSA) is 75.8 Å². The number of nitrogens with two attached hydrogens (primary N) is 1. The predicted molar refractivity (Wildman–Crippen MR) is 105 cm³/mol. The van der Waals surface area contributed by atoms with E-state index in [0.29, 0.717) is 12.5 Å². The number of aliphatic imine (C=N–C) groups is 1. The van der Waals surface area contributed by atoms with Crippen molar-refractivity contribution in [1.29, 1.82) is 0 Å². The molecule has 0 aliphatic carbocycles. The molecule has 0 spiro atoms. The van der Waals surface area contributed by atoms with Crippen LogP contribution in [0.4, 0.5) is 0 Å². The highest BCUT2D eigenvalue weighted by atomic mass is 16.5. The summed E-state index contributed by atoms with van der Waals surface area (Å²) in [6.45, 7) is 6.19. The molecule has 1 saturated heterocycles. The highest BCUT2D eigenvalue weighted by molar-refractivity contribution is 5.77. The zero-order valence-electron chi connectivity index (χ0n) is 15.1. The Hall–Kier alpha value is -2.44. The number of guanidine groups is 1. The van der Waals surface area contributed by atoms with Gasteiger partial charge in [-0.05, 0) is 36.7 Å². The highest BCUT2D eigenvalue weighted by Gasteiger charge is 2.09. The summed E-state index contributed by atoms with van der Waals surface area (Å²) in [5.74, 6) is 0.496. The zero-order chi connectivity index (χ0) is 18.0. The third-order valence-electron chi connectivity index (χ3n) is 4.38. The Bertz CT molecular complexity index is 698. The third-order valence-corrected chi connectivity index (χ3v) is 4.38. The molecule has 1 aliphatic heterocycles. The lowest BCUT2D eigenvalue weighted by atomic mass is 10.1. The number of rotatable bonds is 7. The minimum Gasteiger partial charge on any atom is -0.379 e. The summed E-state index contributed by atoms with van der Waals surface area (Å²) in [5.41, 5.74) is 9.16. The Morgan fingerprint density at radius 3 is 2.88 bits per heavy atom. The van der Waals surface area contributed by atoms with E-state index in [0.717, 1.165) is 62.6 Å². The molecule has 0 atom stereocenters. The van der Waals surface area contributed by atoms with Gasteiger partial charge in [-0.2, -0.15) is 0 Å². The molecule has 3 rings (SSSR count). The zero-order valence-corrected chi connectivity index (χ0v) is 15.1. The van der Waals surface area contributed by atoms with E-state index in [1.165, 1.54) is 0 Å². The summed E-state index contributed by atoms with van der Waals surface area (Å²) in [5, 5.41) is 3.20. The van der Waals surface area contributed by atoms with E-state index in [9.17, 15) is 0 Å². The Morgan fingerprint density at radius 2 is 2.08 bits per heavy atom. The van der Waals surface area contributed by atoms with Gasteiger partial charge in [-0.25, -0.2) is 4.99 Å². The molecule has 0 saturated carbocycles. The molecule has 6 nitrogen and oxygen atoms in total. The first kappa shape index (κ1) is 18.4. The van der Waals surface area contributed by atoms with E-state index < -0.39 is 0 Å². The fraction of sp³-hybridized carbons (Fsp3) is 0.400. The van der Waals surface area contributed by atoms with Crippen LogP contribution < -0.4 is 11.1 Å². The van der Waals surface area contributed by atoms with Gasteiger partial charge in [0.05, 0.1) is 25.5 Å². The molecule has 2 heterocycles. The molecular formula is C20H27N5O.